The lowest BCUT2D eigenvalue weighted by Crippen LogP contribution is -2.54. The molecule has 102 valence electrons. The molecule has 19 heavy (non-hydrogen) atoms. The van der Waals surface area contributed by atoms with Gasteiger partial charge in [0, 0.05) is 13.7 Å². The van der Waals surface area contributed by atoms with Gasteiger partial charge in [-0.25, -0.2) is 0 Å². The zero-order chi connectivity index (χ0) is 14.0. The molecule has 0 bridgehead atoms. The number of methoxy groups -OCH3 is 1. The molecule has 0 fully saturated rings. The van der Waals surface area contributed by atoms with Crippen molar-refractivity contribution >= 4 is 17.5 Å². The maximum absolute atomic E-state index is 12.5. The van der Waals surface area contributed by atoms with Gasteiger partial charge in [-0.05, 0) is 26.0 Å². The van der Waals surface area contributed by atoms with Crippen LogP contribution in [0.25, 0.3) is 0 Å². The van der Waals surface area contributed by atoms with E-state index < -0.39 is 5.54 Å². The number of benzene rings is 1. The number of hydrogen-bond acceptors (Lipinski definition) is 3. The molecule has 1 aliphatic heterocycles. The number of amides is 2. The Morgan fingerprint density at radius 2 is 1.95 bits per heavy atom. The van der Waals surface area contributed by atoms with E-state index in [0.717, 1.165) is 0 Å². The van der Waals surface area contributed by atoms with Crippen molar-refractivity contribution in [1.29, 1.82) is 0 Å². The molecule has 0 saturated carbocycles. The summed E-state index contributed by atoms with van der Waals surface area (Å²) in [5.74, 6) is -0.364. The minimum Gasteiger partial charge on any atom is -0.383 e. The Labute approximate surface area is 112 Å². The van der Waals surface area contributed by atoms with Crippen molar-refractivity contribution in [3.05, 3.63) is 29.8 Å². The highest BCUT2D eigenvalue weighted by Crippen LogP contribution is 2.26. The second-order valence-corrected chi connectivity index (χ2v) is 5.05. The summed E-state index contributed by atoms with van der Waals surface area (Å²) < 4.78 is 5.04. The van der Waals surface area contributed by atoms with Gasteiger partial charge in [0.1, 0.15) is 5.54 Å². The SMILES string of the molecule is COCCN1C(=O)C(C)(C)NC(=O)c2ccccc21. The number of anilines is 1. The third-order valence-corrected chi connectivity index (χ3v) is 3.16. The highest BCUT2D eigenvalue weighted by Gasteiger charge is 2.38. The summed E-state index contributed by atoms with van der Waals surface area (Å²) in [6, 6.07) is 7.11. The standard InChI is InChI=1S/C14H18N2O3/c1-14(2)13(18)16(8-9-19-3)11-7-5-4-6-10(11)12(17)15-14/h4-7H,8-9H2,1-3H3,(H,15,17). The van der Waals surface area contributed by atoms with E-state index in [4.69, 9.17) is 4.74 Å². The van der Waals surface area contributed by atoms with Crippen LogP contribution in [0.4, 0.5) is 5.69 Å². The molecule has 0 saturated heterocycles. The molecule has 2 rings (SSSR count). The number of nitrogens with one attached hydrogen (secondary N) is 1. The van der Waals surface area contributed by atoms with Crippen molar-refractivity contribution in [1.82, 2.24) is 5.32 Å². The average Bonchev–Trinajstić information content (AvgIpc) is 2.44. The molecule has 1 aliphatic rings. The van der Waals surface area contributed by atoms with Crippen LogP contribution in [0.5, 0.6) is 0 Å². The highest BCUT2D eigenvalue weighted by atomic mass is 16.5. The monoisotopic (exact) mass is 262 g/mol. The van der Waals surface area contributed by atoms with Crippen molar-refractivity contribution in [3.8, 4) is 0 Å². The molecule has 1 aromatic carbocycles. The summed E-state index contributed by atoms with van der Waals surface area (Å²) >= 11 is 0. The molecule has 0 aromatic heterocycles. The Kier molecular flexibility index (Phi) is 3.57. The maximum atomic E-state index is 12.5. The van der Waals surface area contributed by atoms with E-state index in [-0.39, 0.29) is 11.8 Å². The molecule has 0 aliphatic carbocycles. The van der Waals surface area contributed by atoms with Gasteiger partial charge in [-0.3, -0.25) is 9.59 Å². The van der Waals surface area contributed by atoms with Gasteiger partial charge in [-0.15, -0.1) is 0 Å². The molecule has 5 heteroatoms. The first-order chi connectivity index (χ1) is 8.97. The molecule has 0 atom stereocenters. The van der Waals surface area contributed by atoms with Crippen molar-refractivity contribution in [2.75, 3.05) is 25.2 Å². The zero-order valence-corrected chi connectivity index (χ0v) is 11.4. The summed E-state index contributed by atoms with van der Waals surface area (Å²) in [4.78, 5) is 26.3. The van der Waals surface area contributed by atoms with E-state index in [9.17, 15) is 9.59 Å². The van der Waals surface area contributed by atoms with E-state index in [2.05, 4.69) is 5.32 Å². The van der Waals surface area contributed by atoms with Gasteiger partial charge >= 0.3 is 0 Å². The normalized spacial score (nSPS) is 17.7. The molecular weight excluding hydrogens is 244 g/mol. The number of rotatable bonds is 3. The van der Waals surface area contributed by atoms with E-state index >= 15 is 0 Å². The Morgan fingerprint density at radius 3 is 2.63 bits per heavy atom. The van der Waals surface area contributed by atoms with Gasteiger partial charge in [0.2, 0.25) is 0 Å². The lowest BCUT2D eigenvalue weighted by Gasteiger charge is -2.29. The third kappa shape index (κ3) is 2.46. The first-order valence-electron chi connectivity index (χ1n) is 6.20. The molecule has 0 spiro atoms. The first-order valence-corrected chi connectivity index (χ1v) is 6.20. The summed E-state index contributed by atoms with van der Waals surface area (Å²) in [7, 11) is 1.59. The van der Waals surface area contributed by atoms with Crippen LogP contribution < -0.4 is 10.2 Å². The van der Waals surface area contributed by atoms with E-state index in [0.29, 0.717) is 24.4 Å². The number of carbonyl (C=O) groups is 2. The van der Waals surface area contributed by atoms with Crippen LogP contribution in [0.2, 0.25) is 0 Å². The summed E-state index contributed by atoms with van der Waals surface area (Å²) in [5.41, 5.74) is 0.217. The summed E-state index contributed by atoms with van der Waals surface area (Å²) in [6.07, 6.45) is 0. The lowest BCUT2D eigenvalue weighted by molar-refractivity contribution is -0.123. The molecule has 1 aromatic rings. The predicted molar refractivity (Wildman–Crippen MR) is 72.2 cm³/mol. The van der Waals surface area contributed by atoms with E-state index in [1.54, 1.807) is 44.1 Å². The van der Waals surface area contributed by atoms with Crippen LogP contribution in [-0.4, -0.2) is 37.6 Å². The van der Waals surface area contributed by atoms with Gasteiger partial charge in [0.25, 0.3) is 11.8 Å². The first kappa shape index (κ1) is 13.5. The molecule has 0 radical (unpaired) electrons. The molecule has 2 amide bonds. The van der Waals surface area contributed by atoms with Crippen molar-refractivity contribution < 1.29 is 14.3 Å². The van der Waals surface area contributed by atoms with Crippen LogP contribution in [0.3, 0.4) is 0 Å². The maximum Gasteiger partial charge on any atom is 0.254 e. The fourth-order valence-corrected chi connectivity index (χ4v) is 2.16. The van der Waals surface area contributed by atoms with Gasteiger partial charge in [-0.2, -0.15) is 0 Å². The smallest absolute Gasteiger partial charge is 0.254 e. The van der Waals surface area contributed by atoms with Crippen LogP contribution in [-0.2, 0) is 9.53 Å². The number of carbonyl (C=O) groups excluding carboxylic acids is 2. The van der Waals surface area contributed by atoms with Crippen LogP contribution >= 0.6 is 0 Å². The topological polar surface area (TPSA) is 58.6 Å². The molecule has 0 unspecified atom stereocenters. The minimum absolute atomic E-state index is 0.136. The molecule has 5 nitrogen and oxygen atoms in total. The van der Waals surface area contributed by atoms with Gasteiger partial charge < -0.3 is 15.0 Å². The van der Waals surface area contributed by atoms with Gasteiger partial charge in [0.15, 0.2) is 0 Å². The second kappa shape index (κ2) is 5.01. The molecular formula is C14H18N2O3. The van der Waals surface area contributed by atoms with Crippen molar-refractivity contribution in [3.63, 3.8) is 0 Å². The van der Waals surface area contributed by atoms with Crippen LogP contribution in [0, 0.1) is 0 Å². The van der Waals surface area contributed by atoms with Crippen molar-refractivity contribution in [2.24, 2.45) is 0 Å². The fourth-order valence-electron chi connectivity index (χ4n) is 2.16. The number of fused-ring (bicyclic) bond motifs is 1. The molecule has 1 N–H and O–H groups in total. The Hall–Kier alpha value is -1.88. The number of para-hydroxylation sites is 1. The largest absolute Gasteiger partial charge is 0.383 e. The summed E-state index contributed by atoms with van der Waals surface area (Å²) in [6.45, 7) is 4.26. The number of hydrogen-bond donors (Lipinski definition) is 1. The van der Waals surface area contributed by atoms with E-state index in [1.165, 1.54) is 0 Å². The quantitative estimate of drug-likeness (QED) is 0.890. The third-order valence-electron chi connectivity index (χ3n) is 3.16. The average molecular weight is 262 g/mol. The molecule has 1 heterocycles. The minimum atomic E-state index is -0.927. The number of nitrogens with zero attached hydrogens (tertiary/aromatic N) is 1. The van der Waals surface area contributed by atoms with Gasteiger partial charge in [-0.1, -0.05) is 12.1 Å². The highest BCUT2D eigenvalue weighted by molar-refractivity contribution is 6.12. The van der Waals surface area contributed by atoms with E-state index in [1.807, 2.05) is 6.07 Å². The number of ether oxygens (including phenoxy) is 1. The van der Waals surface area contributed by atoms with Crippen molar-refractivity contribution in [2.45, 2.75) is 19.4 Å². The Bertz CT molecular complexity index is 511. The zero-order valence-electron chi connectivity index (χ0n) is 11.4. The van der Waals surface area contributed by atoms with Crippen LogP contribution in [0.1, 0.15) is 24.2 Å². The lowest BCUT2D eigenvalue weighted by atomic mass is 10.0. The summed E-state index contributed by atoms with van der Waals surface area (Å²) in [5, 5.41) is 2.76. The second-order valence-electron chi connectivity index (χ2n) is 5.05. The Morgan fingerprint density at radius 1 is 1.26 bits per heavy atom. The van der Waals surface area contributed by atoms with Gasteiger partial charge in [0.05, 0.1) is 17.9 Å². The fraction of sp³-hybridized carbons (Fsp3) is 0.429. The Balaban J connectivity index is 2.50. The predicted octanol–water partition coefficient (Wildman–Crippen LogP) is 1.19. The van der Waals surface area contributed by atoms with Crippen LogP contribution in [0.15, 0.2) is 24.3 Å².